The highest BCUT2D eigenvalue weighted by Crippen LogP contribution is 2.35. The van der Waals surface area contributed by atoms with Crippen molar-refractivity contribution < 1.29 is 21.6 Å². The fourth-order valence-corrected chi connectivity index (χ4v) is 4.18. The molecule has 0 spiro atoms. The van der Waals surface area contributed by atoms with Crippen LogP contribution in [0.4, 0.5) is 13.2 Å². The molecular formula is C13H17F3N2O2S. The zero-order chi connectivity index (χ0) is 15.9. The van der Waals surface area contributed by atoms with Gasteiger partial charge in [0.2, 0.25) is 10.0 Å². The maximum atomic E-state index is 13.0. The zero-order valence-electron chi connectivity index (χ0n) is 11.7. The van der Waals surface area contributed by atoms with E-state index in [1.54, 1.807) is 0 Å². The van der Waals surface area contributed by atoms with E-state index in [0.29, 0.717) is 6.54 Å². The molecule has 2 rings (SSSR count). The number of hydrogen-bond acceptors (Lipinski definition) is 3. The molecule has 1 heterocycles. The highest BCUT2D eigenvalue weighted by Gasteiger charge is 2.40. The molecular weight excluding hydrogens is 305 g/mol. The van der Waals surface area contributed by atoms with Crippen LogP contribution in [0, 0.1) is 0 Å². The SMILES string of the molecule is CC1(C)CN(S(=O)(=O)c2ccccc2C(F)(F)F)CCN1. The number of nitrogens with zero attached hydrogens (tertiary/aromatic N) is 1. The minimum absolute atomic E-state index is 0.127. The molecule has 0 bridgehead atoms. The topological polar surface area (TPSA) is 49.4 Å². The standard InChI is InChI=1S/C13H17F3N2O2S/c1-12(2)9-18(8-7-17-12)21(19,20)11-6-4-3-5-10(11)13(14,15)16/h3-6,17H,7-9H2,1-2H3. The largest absolute Gasteiger partial charge is 0.417 e. The molecule has 0 aliphatic carbocycles. The van der Waals surface area contributed by atoms with Crippen molar-refractivity contribution in [3.8, 4) is 0 Å². The Morgan fingerprint density at radius 3 is 2.43 bits per heavy atom. The number of alkyl halides is 3. The van der Waals surface area contributed by atoms with Gasteiger partial charge in [-0.05, 0) is 26.0 Å². The summed E-state index contributed by atoms with van der Waals surface area (Å²) in [6.45, 7) is 4.30. The van der Waals surface area contributed by atoms with Gasteiger partial charge >= 0.3 is 6.18 Å². The highest BCUT2D eigenvalue weighted by molar-refractivity contribution is 7.89. The van der Waals surface area contributed by atoms with Gasteiger partial charge in [0, 0.05) is 25.2 Å². The van der Waals surface area contributed by atoms with Crippen molar-refractivity contribution in [3.05, 3.63) is 29.8 Å². The van der Waals surface area contributed by atoms with Gasteiger partial charge in [-0.2, -0.15) is 17.5 Å². The van der Waals surface area contributed by atoms with Gasteiger partial charge in [-0.15, -0.1) is 0 Å². The summed E-state index contributed by atoms with van der Waals surface area (Å²) in [6, 6.07) is 4.28. The Bertz CT molecular complexity index is 627. The predicted octanol–water partition coefficient (Wildman–Crippen LogP) is 2.08. The monoisotopic (exact) mass is 322 g/mol. The molecule has 0 amide bonds. The van der Waals surface area contributed by atoms with E-state index >= 15 is 0 Å². The molecule has 0 unspecified atom stereocenters. The molecule has 118 valence electrons. The van der Waals surface area contributed by atoms with Crippen LogP contribution in [-0.4, -0.2) is 37.9 Å². The molecule has 0 aromatic heterocycles. The van der Waals surface area contributed by atoms with Gasteiger partial charge in [0.05, 0.1) is 10.5 Å². The summed E-state index contributed by atoms with van der Waals surface area (Å²) in [5.41, 5.74) is -1.60. The highest BCUT2D eigenvalue weighted by atomic mass is 32.2. The Labute approximate surface area is 122 Å². The van der Waals surface area contributed by atoms with Gasteiger partial charge < -0.3 is 5.32 Å². The van der Waals surface area contributed by atoms with Crippen molar-refractivity contribution in [3.63, 3.8) is 0 Å². The third kappa shape index (κ3) is 3.38. The molecule has 1 fully saturated rings. The molecule has 0 saturated carbocycles. The van der Waals surface area contributed by atoms with E-state index < -0.39 is 32.2 Å². The molecule has 4 nitrogen and oxygen atoms in total. The van der Waals surface area contributed by atoms with Gasteiger partial charge in [0.25, 0.3) is 0 Å². The second-order valence-corrected chi connectivity index (χ2v) is 7.55. The lowest BCUT2D eigenvalue weighted by atomic mass is 10.0. The van der Waals surface area contributed by atoms with E-state index in [-0.39, 0.29) is 13.1 Å². The van der Waals surface area contributed by atoms with E-state index in [1.807, 2.05) is 13.8 Å². The van der Waals surface area contributed by atoms with Crippen molar-refractivity contribution in [1.82, 2.24) is 9.62 Å². The number of nitrogens with one attached hydrogen (secondary N) is 1. The van der Waals surface area contributed by atoms with E-state index in [1.165, 1.54) is 12.1 Å². The number of benzene rings is 1. The van der Waals surface area contributed by atoms with Gasteiger partial charge in [-0.1, -0.05) is 12.1 Å². The summed E-state index contributed by atoms with van der Waals surface area (Å²) in [7, 11) is -4.17. The summed E-state index contributed by atoms with van der Waals surface area (Å²) >= 11 is 0. The summed E-state index contributed by atoms with van der Waals surface area (Å²) < 4.78 is 65.2. The lowest BCUT2D eigenvalue weighted by molar-refractivity contribution is -0.139. The average molecular weight is 322 g/mol. The van der Waals surface area contributed by atoms with Crippen molar-refractivity contribution in [2.24, 2.45) is 0 Å². The second kappa shape index (κ2) is 5.26. The van der Waals surface area contributed by atoms with Gasteiger partial charge in [0.15, 0.2) is 0 Å². The van der Waals surface area contributed by atoms with Crippen LogP contribution in [0.5, 0.6) is 0 Å². The molecule has 21 heavy (non-hydrogen) atoms. The number of piperazine rings is 1. The van der Waals surface area contributed by atoms with Crippen LogP contribution in [0.2, 0.25) is 0 Å². The van der Waals surface area contributed by atoms with Crippen molar-refractivity contribution >= 4 is 10.0 Å². The zero-order valence-corrected chi connectivity index (χ0v) is 12.6. The summed E-state index contributed by atoms with van der Waals surface area (Å²) in [5.74, 6) is 0. The van der Waals surface area contributed by atoms with Gasteiger partial charge in [0.1, 0.15) is 0 Å². The minimum Gasteiger partial charge on any atom is -0.309 e. The van der Waals surface area contributed by atoms with Crippen molar-refractivity contribution in [2.75, 3.05) is 19.6 Å². The third-order valence-corrected chi connectivity index (χ3v) is 5.25. The van der Waals surface area contributed by atoms with Crippen LogP contribution in [0.1, 0.15) is 19.4 Å². The average Bonchev–Trinajstić information content (AvgIpc) is 2.36. The molecule has 1 aliphatic rings. The maximum Gasteiger partial charge on any atom is 0.417 e. The summed E-state index contributed by atoms with van der Waals surface area (Å²) in [4.78, 5) is -0.685. The lowest BCUT2D eigenvalue weighted by Gasteiger charge is -2.38. The molecule has 8 heteroatoms. The van der Waals surface area contributed by atoms with Gasteiger partial charge in [-0.25, -0.2) is 8.42 Å². The fourth-order valence-electron chi connectivity index (χ4n) is 2.36. The minimum atomic E-state index is -4.70. The van der Waals surface area contributed by atoms with Gasteiger partial charge in [-0.3, -0.25) is 0 Å². The van der Waals surface area contributed by atoms with Crippen molar-refractivity contribution in [2.45, 2.75) is 30.5 Å². The second-order valence-electron chi connectivity index (χ2n) is 5.64. The Morgan fingerprint density at radius 1 is 1.24 bits per heavy atom. The van der Waals surface area contributed by atoms with E-state index in [9.17, 15) is 21.6 Å². The predicted molar refractivity (Wildman–Crippen MR) is 72.3 cm³/mol. The number of halogens is 3. The van der Waals surface area contributed by atoms with Crippen LogP contribution >= 0.6 is 0 Å². The van der Waals surface area contributed by atoms with Crippen LogP contribution in [0.3, 0.4) is 0 Å². The van der Waals surface area contributed by atoms with Crippen LogP contribution < -0.4 is 5.32 Å². The smallest absolute Gasteiger partial charge is 0.309 e. The first kappa shape index (κ1) is 16.3. The molecule has 1 saturated heterocycles. The first-order chi connectivity index (χ1) is 9.54. The van der Waals surface area contributed by atoms with Crippen LogP contribution in [-0.2, 0) is 16.2 Å². The fraction of sp³-hybridized carbons (Fsp3) is 0.538. The normalized spacial score (nSPS) is 20.4. The van der Waals surface area contributed by atoms with Crippen LogP contribution in [0.25, 0.3) is 0 Å². The first-order valence-electron chi connectivity index (χ1n) is 6.45. The Hall–Kier alpha value is -1.12. The summed E-state index contributed by atoms with van der Waals surface area (Å²) in [5, 5.41) is 3.13. The summed E-state index contributed by atoms with van der Waals surface area (Å²) in [6.07, 6.45) is -4.70. The maximum absolute atomic E-state index is 13.0. The molecule has 0 radical (unpaired) electrons. The molecule has 1 aromatic rings. The van der Waals surface area contributed by atoms with E-state index in [2.05, 4.69) is 5.32 Å². The molecule has 1 aromatic carbocycles. The first-order valence-corrected chi connectivity index (χ1v) is 7.89. The Balaban J connectivity index is 2.46. The van der Waals surface area contributed by atoms with Crippen molar-refractivity contribution in [1.29, 1.82) is 0 Å². The molecule has 1 N–H and O–H groups in total. The molecule has 0 atom stereocenters. The van der Waals surface area contributed by atoms with E-state index in [4.69, 9.17) is 0 Å². The van der Waals surface area contributed by atoms with Crippen LogP contribution in [0.15, 0.2) is 29.2 Å². The van der Waals surface area contributed by atoms with E-state index in [0.717, 1.165) is 16.4 Å². The Morgan fingerprint density at radius 2 is 1.86 bits per heavy atom. The number of hydrogen-bond donors (Lipinski definition) is 1. The quantitative estimate of drug-likeness (QED) is 0.907. The lowest BCUT2D eigenvalue weighted by Crippen LogP contribution is -2.58. The number of sulfonamides is 1. The molecule has 1 aliphatic heterocycles. The number of rotatable bonds is 2. The third-order valence-electron chi connectivity index (χ3n) is 3.35. The Kier molecular flexibility index (Phi) is 4.07.